The Labute approximate surface area is 556 Å². The maximum absolute atomic E-state index is 14.4. The van der Waals surface area contributed by atoms with Crippen molar-refractivity contribution in [3.63, 3.8) is 0 Å². The molecule has 4 atom stereocenters. The van der Waals surface area contributed by atoms with Gasteiger partial charge in [0.25, 0.3) is 11.8 Å². The highest BCUT2D eigenvalue weighted by Crippen LogP contribution is 2.45. The Bertz CT molecular complexity index is 4250. The Balaban J connectivity index is 0.000000223. The number of cyclic esters (lactones) is 1. The van der Waals surface area contributed by atoms with Crippen LogP contribution in [0.25, 0.3) is 45.0 Å². The summed E-state index contributed by atoms with van der Waals surface area (Å²) in [6.45, 7) is 8.49. The maximum atomic E-state index is 14.4. The number of carbonyl (C=O) groups is 4. The van der Waals surface area contributed by atoms with Crippen LogP contribution in [0.1, 0.15) is 118 Å². The molecule has 6 aromatic carbocycles. The zero-order chi connectivity index (χ0) is 67.1. The molecule has 0 aliphatic carbocycles. The average Bonchev–Trinajstić information content (AvgIpc) is 1.59. The molecule has 8 N–H and O–H groups in total. The van der Waals surface area contributed by atoms with Crippen LogP contribution in [0.3, 0.4) is 0 Å². The van der Waals surface area contributed by atoms with E-state index in [1.54, 1.807) is 60.9 Å². The van der Waals surface area contributed by atoms with Gasteiger partial charge >= 0.3 is 11.9 Å². The summed E-state index contributed by atoms with van der Waals surface area (Å²) in [5, 5.41) is 52.9. The molecule has 10 aromatic rings. The van der Waals surface area contributed by atoms with Crippen molar-refractivity contribution in [1.29, 1.82) is 0 Å². The number of carboxylic acid groups (broad SMARTS) is 1. The fourth-order valence-electron chi connectivity index (χ4n) is 11.9. The first-order valence-electron chi connectivity index (χ1n) is 31.4. The number of nitrogens with zero attached hydrogens (tertiary/aromatic N) is 6. The smallest absolute Gasteiger partial charge is 0.308 e. The number of carboxylic acids is 1. The monoisotopic (exact) mass is 1300 g/mol. The van der Waals surface area contributed by atoms with E-state index in [0.717, 1.165) is 17.1 Å². The molecule has 0 unspecified atom stereocenters. The number of esters is 1. The molecule has 19 nitrogen and oxygen atoms in total. The fraction of sp³-hybridized carbons (Fsp3) is 0.253. The molecule has 0 bridgehead atoms. The number of carbonyl (C=O) groups excluding carboxylic acids is 3. The average molecular weight is 1300 g/mol. The van der Waals surface area contributed by atoms with Crippen LogP contribution in [0.2, 0.25) is 0 Å². The number of rotatable bonds is 24. The van der Waals surface area contributed by atoms with E-state index in [1.807, 2.05) is 146 Å². The number of para-hydroxylation sites is 4. The summed E-state index contributed by atoms with van der Waals surface area (Å²) in [4.78, 5) is 70.6. The lowest BCUT2D eigenvalue weighted by Gasteiger charge is -2.27. The summed E-state index contributed by atoms with van der Waals surface area (Å²) >= 11 is 0. The number of aromatic nitrogens is 6. The molecule has 21 heteroatoms. The number of hydrogen-bond donors (Lipinski definition) is 8. The molecule has 11 rings (SSSR count). The van der Waals surface area contributed by atoms with Gasteiger partial charge in [-0.2, -0.15) is 0 Å². The minimum atomic E-state index is -1.22. The van der Waals surface area contributed by atoms with Gasteiger partial charge in [0.05, 0.1) is 65.1 Å². The second-order valence-electron chi connectivity index (χ2n) is 23.7. The van der Waals surface area contributed by atoms with E-state index in [0.29, 0.717) is 105 Å². The molecule has 2 amide bonds. The first-order chi connectivity index (χ1) is 45.9. The Morgan fingerprint density at radius 1 is 0.573 bits per heavy atom. The van der Waals surface area contributed by atoms with E-state index >= 15 is 0 Å². The van der Waals surface area contributed by atoms with Gasteiger partial charge in [0.2, 0.25) is 11.9 Å². The molecule has 496 valence electrons. The third kappa shape index (κ3) is 17.5. The number of nitrogens with one attached hydrogen (secondary N) is 4. The zero-order valence-electron chi connectivity index (χ0n) is 52.9. The molecule has 1 aliphatic rings. The summed E-state index contributed by atoms with van der Waals surface area (Å²) in [5.41, 5.74) is 9.53. The predicted molar refractivity (Wildman–Crippen MR) is 368 cm³/mol. The van der Waals surface area contributed by atoms with Crippen LogP contribution in [0, 0.1) is 11.6 Å². The summed E-state index contributed by atoms with van der Waals surface area (Å²) in [5.74, 6) is -2.81. The highest BCUT2D eigenvalue weighted by molar-refractivity contribution is 6.13. The Morgan fingerprint density at radius 3 is 1.38 bits per heavy atom. The van der Waals surface area contributed by atoms with E-state index in [1.165, 1.54) is 24.3 Å². The lowest BCUT2D eigenvalue weighted by Crippen LogP contribution is -2.33. The molecule has 1 fully saturated rings. The van der Waals surface area contributed by atoms with Gasteiger partial charge in [-0.25, -0.2) is 28.7 Å². The van der Waals surface area contributed by atoms with Crippen LogP contribution in [-0.2, 0) is 27.4 Å². The van der Waals surface area contributed by atoms with Crippen molar-refractivity contribution in [2.45, 2.75) is 123 Å². The van der Waals surface area contributed by atoms with E-state index in [2.05, 4.69) is 31.2 Å². The van der Waals surface area contributed by atoms with Gasteiger partial charge in [-0.15, -0.1) is 0 Å². The van der Waals surface area contributed by atoms with Crippen molar-refractivity contribution >= 4 is 58.4 Å². The number of ether oxygens (including phenoxy) is 1. The molecule has 5 heterocycles. The summed E-state index contributed by atoms with van der Waals surface area (Å²) in [6.07, 6.45) is -0.0768. The van der Waals surface area contributed by atoms with Crippen LogP contribution >= 0.6 is 0 Å². The van der Waals surface area contributed by atoms with Gasteiger partial charge in [-0.1, -0.05) is 108 Å². The second-order valence-corrected chi connectivity index (χ2v) is 23.7. The van der Waals surface area contributed by atoms with Crippen LogP contribution in [0.15, 0.2) is 194 Å². The molecule has 4 aromatic heterocycles. The van der Waals surface area contributed by atoms with E-state index < -0.39 is 48.6 Å². The maximum Gasteiger partial charge on any atom is 0.308 e. The number of amides is 2. The van der Waals surface area contributed by atoms with Crippen molar-refractivity contribution in [3.05, 3.63) is 229 Å². The molecule has 96 heavy (non-hydrogen) atoms. The number of aliphatic hydroxyl groups is 3. The highest BCUT2D eigenvalue weighted by Gasteiger charge is 2.35. The number of aliphatic carboxylic acids is 1. The predicted octanol–water partition coefficient (Wildman–Crippen LogP) is 14.8. The fourth-order valence-corrected chi connectivity index (χ4v) is 11.9. The third-order valence-electron chi connectivity index (χ3n) is 15.9. The van der Waals surface area contributed by atoms with Gasteiger partial charge in [0, 0.05) is 83.6 Å². The Morgan fingerprint density at radius 2 is 0.979 bits per heavy atom. The van der Waals surface area contributed by atoms with E-state index in [-0.39, 0.29) is 62.7 Å². The number of hydrogen-bond acceptors (Lipinski definition) is 14. The lowest BCUT2D eigenvalue weighted by molar-refractivity contribution is -0.160. The molecule has 0 radical (unpaired) electrons. The molecule has 0 spiro atoms. The highest BCUT2D eigenvalue weighted by atomic mass is 19.1. The Hall–Kier alpha value is -10.7. The number of benzene rings is 6. The van der Waals surface area contributed by atoms with Crippen LogP contribution in [-0.4, -0.2) is 97.7 Å². The number of aliphatic hydroxyl groups excluding tert-OH is 3. The van der Waals surface area contributed by atoms with Crippen LogP contribution < -0.4 is 21.3 Å². The van der Waals surface area contributed by atoms with Crippen molar-refractivity contribution in [2.24, 2.45) is 0 Å². The minimum absolute atomic E-state index is 0. The van der Waals surface area contributed by atoms with Crippen LogP contribution in [0.5, 0.6) is 0 Å². The third-order valence-corrected chi connectivity index (χ3v) is 15.9. The largest absolute Gasteiger partial charge is 0.481 e. The molecule has 1 saturated heterocycles. The SMILES string of the molecule is C.CC(C)c1c(C(=O)Nc2ccccc2)c(-c2ccnc(Nc3ccccc3)n2)c(-c2ccc(F)cc2)n1CC[C@@H](O)C[C@@H](O)CC(=O)O.CC(C)c1c(C(=O)Nc2ccccc2)c(-c2ccnc(Nc3ccccc3)n2)c(-c2ccc(F)cc2)n1CC[C@@H]1C[C@@H](O)CC(=O)O1. The summed E-state index contributed by atoms with van der Waals surface area (Å²) in [6, 6.07) is 52.8. The topological polar surface area (TPSA) is 268 Å². The Kier molecular flexibility index (Phi) is 23.5. The molecule has 1 aliphatic heterocycles. The van der Waals surface area contributed by atoms with Gasteiger partial charge in [-0.05, 0) is 145 Å². The standard InChI is InChI=1S/C37H38FN5O5.C37H36FN5O4.CH4/c1-23(2)34-33(36(48)40-26-9-5-3-6-10-26)32(30-17-19-39-37(42-30)41-27-11-7-4-8-12-27)35(24-13-15-25(38)16-14-24)43(34)20-18-28(44)21-29(45)22-31(46)47;1-23(2)34-33(36(46)40-26-9-5-3-6-10-26)32(30-17-19-39-37(42-30)41-27-11-7-4-8-12-27)35(24-13-15-25(38)16-14-24)43(34)20-18-29-21-28(44)22-31(45)47-29;/h3-17,19,23,28-29,44-45H,18,20-22H2,1-2H3,(H,40,48)(H,46,47)(H,39,41,42);3-17,19,23,28-29,44H,18,20-22H2,1-2H3,(H,40,46)(H,39,41,42);1H4/t2*28-,29-;/m11./s1. The van der Waals surface area contributed by atoms with E-state index in [9.17, 15) is 43.3 Å². The lowest BCUT2D eigenvalue weighted by atomic mass is 9.97. The van der Waals surface area contributed by atoms with Crippen molar-refractivity contribution in [2.75, 3.05) is 21.3 Å². The van der Waals surface area contributed by atoms with Gasteiger partial charge in [-0.3, -0.25) is 19.2 Å². The zero-order valence-corrected chi connectivity index (χ0v) is 52.9. The molecular formula is C75H78F2N10O9. The summed E-state index contributed by atoms with van der Waals surface area (Å²) < 4.78 is 38.1. The second kappa shape index (κ2) is 32.4. The quantitative estimate of drug-likeness (QED) is 0.0261. The van der Waals surface area contributed by atoms with Crippen LogP contribution in [0.4, 0.5) is 43.4 Å². The van der Waals surface area contributed by atoms with Gasteiger partial charge in [0.15, 0.2) is 0 Å². The number of anilines is 6. The normalized spacial score (nSPS) is 14.1. The van der Waals surface area contributed by atoms with Crippen molar-refractivity contribution in [1.82, 2.24) is 29.1 Å². The first kappa shape index (κ1) is 69.6. The molecule has 0 saturated carbocycles. The van der Waals surface area contributed by atoms with Gasteiger partial charge < -0.3 is 55.6 Å². The first-order valence-corrected chi connectivity index (χ1v) is 31.4. The summed E-state index contributed by atoms with van der Waals surface area (Å²) in [7, 11) is 0. The van der Waals surface area contributed by atoms with E-state index in [4.69, 9.17) is 19.8 Å². The number of halogens is 2. The van der Waals surface area contributed by atoms with Crippen molar-refractivity contribution in [3.8, 4) is 45.0 Å². The minimum Gasteiger partial charge on any atom is -0.481 e. The van der Waals surface area contributed by atoms with Crippen molar-refractivity contribution < 1.29 is 53.1 Å². The van der Waals surface area contributed by atoms with Gasteiger partial charge in [0.1, 0.15) is 17.7 Å². The molecular weight excluding hydrogens is 1220 g/mol.